The Kier molecular flexibility index (Phi) is 6.27. The molecule has 5 rings (SSSR count). The second-order valence-electron chi connectivity index (χ2n) is 9.03. The number of carbonyl (C=O) groups is 2. The lowest BCUT2D eigenvalue weighted by atomic mass is 9.89. The van der Waals surface area contributed by atoms with Gasteiger partial charge in [0, 0.05) is 29.3 Å². The molecule has 3 heterocycles. The summed E-state index contributed by atoms with van der Waals surface area (Å²) in [5.74, 6) is 1.15. The largest absolute Gasteiger partial charge is 0.481 e. The van der Waals surface area contributed by atoms with Crippen LogP contribution < -0.4 is 10.1 Å². The first-order valence-electron chi connectivity index (χ1n) is 11.4. The van der Waals surface area contributed by atoms with Crippen LogP contribution in [0.4, 0.5) is 22.0 Å². The van der Waals surface area contributed by atoms with Gasteiger partial charge in [-0.05, 0) is 24.6 Å². The zero-order chi connectivity index (χ0) is 26.5. The van der Waals surface area contributed by atoms with Crippen molar-refractivity contribution in [2.24, 2.45) is 11.8 Å². The van der Waals surface area contributed by atoms with Gasteiger partial charge in [-0.15, -0.1) is 0 Å². The van der Waals surface area contributed by atoms with E-state index in [1.165, 1.54) is 30.3 Å². The lowest BCUT2D eigenvalue weighted by molar-refractivity contribution is -0.140. The molecule has 0 radical (unpaired) electrons. The van der Waals surface area contributed by atoms with Crippen LogP contribution in [0.1, 0.15) is 33.9 Å². The van der Waals surface area contributed by atoms with Crippen molar-refractivity contribution in [3.8, 4) is 17.7 Å². The average Bonchev–Trinajstić information content (AvgIpc) is 3.07. The summed E-state index contributed by atoms with van der Waals surface area (Å²) in [6.07, 6.45) is -3.48. The number of aromatic nitrogens is 1. The van der Waals surface area contributed by atoms with E-state index in [9.17, 15) is 31.5 Å². The van der Waals surface area contributed by atoms with Crippen LogP contribution >= 0.6 is 0 Å². The predicted molar refractivity (Wildman–Crippen MR) is 117 cm³/mol. The number of benzene rings is 1. The van der Waals surface area contributed by atoms with Crippen LogP contribution in [-0.2, 0) is 15.7 Å². The lowest BCUT2D eigenvalue weighted by Gasteiger charge is -2.36. The van der Waals surface area contributed by atoms with E-state index in [1.54, 1.807) is 0 Å². The standard InChI is InChI=1S/C25H20F5N3O4/c1-36-21-7-13(4-5-31-21)24(35)33-19-3-2-12(19)6-20(33)23(34)32-22(14-10-37-11-14)15-8-18(27)16(9-17(15)26)25(28,29)30/h4-5,7-9,12,14,19-20,22H,6,10-11H2,1H3,(H,32,34)/t12-,19-,20-,22-/m1/s1. The molecule has 2 amide bonds. The van der Waals surface area contributed by atoms with Crippen LogP contribution in [0.5, 0.6) is 5.88 Å². The Morgan fingerprint density at radius 2 is 1.95 bits per heavy atom. The van der Waals surface area contributed by atoms with Gasteiger partial charge in [0.15, 0.2) is 0 Å². The molecular weight excluding hydrogens is 501 g/mol. The van der Waals surface area contributed by atoms with Gasteiger partial charge in [0.05, 0.1) is 37.8 Å². The number of likely N-dealkylation sites (tertiary alicyclic amines) is 1. The van der Waals surface area contributed by atoms with E-state index in [0.717, 1.165) is 0 Å². The highest BCUT2D eigenvalue weighted by Crippen LogP contribution is 2.38. The Balaban J connectivity index is 1.43. The van der Waals surface area contributed by atoms with E-state index >= 15 is 0 Å². The van der Waals surface area contributed by atoms with Crippen molar-refractivity contribution in [3.63, 3.8) is 0 Å². The third-order valence-corrected chi connectivity index (χ3v) is 6.80. The van der Waals surface area contributed by atoms with Crippen LogP contribution in [-0.4, -0.2) is 54.1 Å². The highest BCUT2D eigenvalue weighted by atomic mass is 19.4. The fraction of sp³-hybridized carbons (Fsp3) is 0.400. The summed E-state index contributed by atoms with van der Waals surface area (Å²) in [6.45, 7) is 0.178. The van der Waals surface area contributed by atoms with Gasteiger partial charge in [-0.3, -0.25) is 9.59 Å². The molecule has 0 spiro atoms. The van der Waals surface area contributed by atoms with Crippen molar-refractivity contribution < 1.29 is 41.0 Å². The molecule has 2 fully saturated rings. The molecule has 7 nitrogen and oxygen atoms in total. The van der Waals surface area contributed by atoms with Gasteiger partial charge in [-0.1, -0.05) is 11.8 Å². The first kappa shape index (κ1) is 25.0. The van der Waals surface area contributed by atoms with Gasteiger partial charge in [0.2, 0.25) is 11.8 Å². The Morgan fingerprint density at radius 1 is 1.19 bits per heavy atom. The highest BCUT2D eigenvalue weighted by molar-refractivity contribution is 5.99. The number of hydrogen-bond acceptors (Lipinski definition) is 5. The number of halogens is 5. The maximum absolute atomic E-state index is 14.8. The van der Waals surface area contributed by atoms with Crippen LogP contribution in [0.25, 0.3) is 0 Å². The maximum atomic E-state index is 14.8. The van der Waals surface area contributed by atoms with Crippen LogP contribution in [0.15, 0.2) is 30.5 Å². The fourth-order valence-electron chi connectivity index (χ4n) is 4.74. The van der Waals surface area contributed by atoms with Gasteiger partial charge in [-0.2, -0.15) is 13.2 Å². The molecular formula is C25H20F5N3O4. The van der Waals surface area contributed by atoms with Gasteiger partial charge < -0.3 is 19.7 Å². The molecule has 2 saturated heterocycles. The molecule has 2 aromatic rings. The first-order valence-corrected chi connectivity index (χ1v) is 11.4. The van der Waals surface area contributed by atoms with Crippen molar-refractivity contribution in [3.05, 3.63) is 58.8 Å². The smallest absolute Gasteiger partial charge is 0.419 e. The third kappa shape index (κ3) is 4.48. The SMILES string of the molecule is COc1cc(C(=O)N2[C@@H](C(=O)N[C@@H](c3cc(F)c(C(F)(F)F)cc3F)C3COC3)C[C@H]3C#C[C@H]32)ccn1. The zero-order valence-electron chi connectivity index (χ0n) is 19.3. The number of alkyl halides is 3. The Labute approximate surface area is 207 Å². The lowest BCUT2D eigenvalue weighted by Crippen LogP contribution is -2.52. The minimum atomic E-state index is -5.08. The molecule has 0 bridgehead atoms. The van der Waals surface area contributed by atoms with E-state index in [2.05, 4.69) is 22.1 Å². The van der Waals surface area contributed by atoms with E-state index in [-0.39, 0.29) is 43.1 Å². The minimum absolute atomic E-state index is 0.0830. The number of pyridine rings is 1. The summed E-state index contributed by atoms with van der Waals surface area (Å²) in [7, 11) is 1.39. The molecule has 1 aromatic carbocycles. The number of ether oxygens (including phenoxy) is 2. The second kappa shape index (κ2) is 9.30. The molecule has 3 aliphatic rings. The fourth-order valence-corrected chi connectivity index (χ4v) is 4.74. The molecule has 194 valence electrons. The number of nitrogens with one attached hydrogen (secondary N) is 1. The molecule has 1 aliphatic carbocycles. The predicted octanol–water partition coefficient (Wildman–Crippen LogP) is 3.11. The third-order valence-electron chi connectivity index (χ3n) is 6.80. The molecule has 1 aromatic heterocycles. The van der Waals surface area contributed by atoms with Crippen molar-refractivity contribution in [1.29, 1.82) is 0 Å². The number of hydrogen-bond donors (Lipinski definition) is 1. The van der Waals surface area contributed by atoms with Crippen molar-refractivity contribution in [1.82, 2.24) is 15.2 Å². The topological polar surface area (TPSA) is 80.8 Å². The molecule has 2 aliphatic heterocycles. The average molecular weight is 521 g/mol. The van der Waals surface area contributed by atoms with Gasteiger partial charge in [0.1, 0.15) is 23.7 Å². The van der Waals surface area contributed by atoms with Gasteiger partial charge in [0.25, 0.3) is 5.91 Å². The minimum Gasteiger partial charge on any atom is -0.481 e. The van der Waals surface area contributed by atoms with Crippen LogP contribution in [0, 0.1) is 35.3 Å². The van der Waals surface area contributed by atoms with E-state index in [0.29, 0.717) is 6.07 Å². The van der Waals surface area contributed by atoms with Crippen molar-refractivity contribution in [2.75, 3.05) is 20.3 Å². The van der Waals surface area contributed by atoms with Gasteiger partial charge in [-0.25, -0.2) is 13.8 Å². The zero-order valence-corrected chi connectivity index (χ0v) is 19.3. The maximum Gasteiger partial charge on any atom is 0.419 e. The summed E-state index contributed by atoms with van der Waals surface area (Å²) < 4.78 is 78.5. The number of rotatable bonds is 6. The summed E-state index contributed by atoms with van der Waals surface area (Å²) in [5, 5.41) is 2.64. The summed E-state index contributed by atoms with van der Waals surface area (Å²) in [6, 6.07) is 0.743. The van der Waals surface area contributed by atoms with E-state index in [4.69, 9.17) is 9.47 Å². The normalized spacial score (nSPS) is 23.2. The molecule has 1 N–H and O–H groups in total. The molecule has 12 heteroatoms. The molecule has 0 saturated carbocycles. The van der Waals surface area contributed by atoms with Crippen LogP contribution in [0.2, 0.25) is 0 Å². The number of fused-ring (bicyclic) bond motifs is 1. The Bertz CT molecular complexity index is 1320. The van der Waals surface area contributed by atoms with Crippen LogP contribution in [0.3, 0.4) is 0 Å². The first-order chi connectivity index (χ1) is 17.6. The highest BCUT2D eigenvalue weighted by Gasteiger charge is 2.50. The number of amides is 2. The monoisotopic (exact) mass is 521 g/mol. The summed E-state index contributed by atoms with van der Waals surface area (Å²) >= 11 is 0. The molecule has 4 atom stereocenters. The van der Waals surface area contributed by atoms with E-state index < -0.39 is 64.8 Å². The van der Waals surface area contributed by atoms with E-state index in [1.807, 2.05) is 0 Å². The second-order valence-corrected chi connectivity index (χ2v) is 9.03. The number of nitrogens with zero attached hydrogens (tertiary/aromatic N) is 2. The Hall–Kier alpha value is -3.72. The van der Waals surface area contributed by atoms with Gasteiger partial charge >= 0.3 is 6.18 Å². The van der Waals surface area contributed by atoms with Crippen molar-refractivity contribution in [2.45, 2.75) is 30.7 Å². The molecule has 0 unspecified atom stereocenters. The summed E-state index contributed by atoms with van der Waals surface area (Å²) in [4.78, 5) is 32.1. The van der Waals surface area contributed by atoms with Crippen molar-refractivity contribution >= 4 is 11.8 Å². The number of carbonyl (C=O) groups excluding carboxylic acids is 2. The molecule has 37 heavy (non-hydrogen) atoms. The summed E-state index contributed by atoms with van der Waals surface area (Å²) in [5.41, 5.74) is -1.95. The number of methoxy groups -OCH3 is 1. The Morgan fingerprint density at radius 3 is 2.54 bits per heavy atom. The quantitative estimate of drug-likeness (QED) is 0.467.